The Bertz CT molecular complexity index is 572. The van der Waals surface area contributed by atoms with Crippen LogP contribution in [-0.4, -0.2) is 7.11 Å². The van der Waals surface area contributed by atoms with Gasteiger partial charge in [-0.3, -0.25) is 0 Å². The third-order valence-electron chi connectivity index (χ3n) is 2.90. The minimum Gasteiger partial charge on any atom is -0.496 e. The average Bonchev–Trinajstić information content (AvgIpc) is 2.42. The summed E-state index contributed by atoms with van der Waals surface area (Å²) in [6.45, 7) is 0. The van der Waals surface area contributed by atoms with Crippen molar-refractivity contribution < 1.29 is 13.5 Å². The highest BCUT2D eigenvalue weighted by Gasteiger charge is 2.13. The number of halogens is 3. The molecule has 1 unspecified atom stereocenters. The molecular formula is C15H13BrF2O. The largest absolute Gasteiger partial charge is 0.496 e. The minimum absolute atomic E-state index is 0.0982. The normalized spacial score (nSPS) is 12.2. The number of hydrogen-bond acceptors (Lipinski definition) is 1. The lowest BCUT2D eigenvalue weighted by atomic mass is 10.0. The second-order valence-corrected chi connectivity index (χ2v) is 5.26. The van der Waals surface area contributed by atoms with Crippen molar-refractivity contribution in [3.8, 4) is 5.75 Å². The van der Waals surface area contributed by atoms with Crippen LogP contribution < -0.4 is 4.74 Å². The van der Waals surface area contributed by atoms with Crippen LogP contribution in [0.5, 0.6) is 5.75 Å². The van der Waals surface area contributed by atoms with Gasteiger partial charge in [-0.15, -0.1) is 0 Å². The molecule has 0 bridgehead atoms. The Morgan fingerprint density at radius 1 is 1.11 bits per heavy atom. The van der Waals surface area contributed by atoms with Gasteiger partial charge in [-0.2, -0.15) is 0 Å². The SMILES string of the molecule is COc1ccccc1CC(Br)c1ccc(F)c(F)c1. The molecule has 1 atom stereocenters. The molecule has 0 heterocycles. The molecule has 0 fully saturated rings. The van der Waals surface area contributed by atoms with E-state index < -0.39 is 11.6 Å². The van der Waals surface area contributed by atoms with Crippen molar-refractivity contribution in [2.45, 2.75) is 11.2 Å². The standard InChI is InChI=1S/C15H13BrF2O/c1-19-15-5-3-2-4-11(15)8-12(16)10-6-7-13(17)14(18)9-10/h2-7,9,12H,8H2,1H3. The number of para-hydroxylation sites is 1. The van der Waals surface area contributed by atoms with Crippen LogP contribution >= 0.6 is 15.9 Å². The lowest BCUT2D eigenvalue weighted by Gasteiger charge is -2.13. The number of ether oxygens (including phenoxy) is 1. The van der Waals surface area contributed by atoms with Crippen LogP contribution in [0.25, 0.3) is 0 Å². The van der Waals surface area contributed by atoms with Crippen molar-refractivity contribution in [2.24, 2.45) is 0 Å². The van der Waals surface area contributed by atoms with E-state index in [0.717, 1.165) is 17.4 Å². The summed E-state index contributed by atoms with van der Waals surface area (Å²) in [7, 11) is 1.61. The first-order valence-corrected chi connectivity index (χ1v) is 6.74. The van der Waals surface area contributed by atoms with Crippen molar-refractivity contribution in [2.75, 3.05) is 7.11 Å². The Morgan fingerprint density at radius 2 is 1.84 bits per heavy atom. The van der Waals surface area contributed by atoms with Gasteiger partial charge in [-0.05, 0) is 35.7 Å². The Balaban J connectivity index is 2.20. The molecule has 1 nitrogen and oxygen atoms in total. The fourth-order valence-corrected chi connectivity index (χ4v) is 2.52. The first-order chi connectivity index (χ1) is 9.11. The smallest absolute Gasteiger partial charge is 0.159 e. The molecule has 100 valence electrons. The predicted molar refractivity (Wildman–Crippen MR) is 74.7 cm³/mol. The molecule has 0 aliphatic heterocycles. The van der Waals surface area contributed by atoms with Crippen LogP contribution in [0.1, 0.15) is 16.0 Å². The molecule has 0 radical (unpaired) electrons. The van der Waals surface area contributed by atoms with Crippen molar-refractivity contribution >= 4 is 15.9 Å². The Kier molecular flexibility index (Phi) is 4.53. The van der Waals surface area contributed by atoms with Gasteiger partial charge in [-0.25, -0.2) is 8.78 Å². The van der Waals surface area contributed by atoms with Crippen LogP contribution in [-0.2, 0) is 6.42 Å². The van der Waals surface area contributed by atoms with E-state index in [-0.39, 0.29) is 4.83 Å². The predicted octanol–water partition coefficient (Wildman–Crippen LogP) is 4.65. The monoisotopic (exact) mass is 326 g/mol. The summed E-state index contributed by atoms with van der Waals surface area (Å²) in [6, 6.07) is 11.6. The first-order valence-electron chi connectivity index (χ1n) is 5.82. The van der Waals surface area contributed by atoms with E-state index in [2.05, 4.69) is 15.9 Å². The summed E-state index contributed by atoms with van der Waals surface area (Å²) in [4.78, 5) is -0.0982. The molecule has 2 aromatic carbocycles. The fourth-order valence-electron chi connectivity index (χ4n) is 1.89. The zero-order chi connectivity index (χ0) is 13.8. The fraction of sp³-hybridized carbons (Fsp3) is 0.200. The van der Waals surface area contributed by atoms with Crippen LogP contribution in [0.15, 0.2) is 42.5 Å². The summed E-state index contributed by atoms with van der Waals surface area (Å²) in [5, 5.41) is 0. The van der Waals surface area contributed by atoms with Gasteiger partial charge in [0.25, 0.3) is 0 Å². The van der Waals surface area contributed by atoms with Gasteiger partial charge in [0.1, 0.15) is 5.75 Å². The van der Waals surface area contributed by atoms with E-state index in [1.54, 1.807) is 13.2 Å². The van der Waals surface area contributed by atoms with Gasteiger partial charge >= 0.3 is 0 Å². The molecule has 4 heteroatoms. The highest BCUT2D eigenvalue weighted by Crippen LogP contribution is 2.31. The van der Waals surface area contributed by atoms with E-state index in [4.69, 9.17) is 4.74 Å². The molecule has 0 saturated heterocycles. The summed E-state index contributed by atoms with van der Waals surface area (Å²) in [6.07, 6.45) is 0.634. The Hall–Kier alpha value is -1.42. The quantitative estimate of drug-likeness (QED) is 0.743. The molecule has 0 saturated carbocycles. The van der Waals surface area contributed by atoms with Crippen LogP contribution in [0.2, 0.25) is 0 Å². The number of methoxy groups -OCH3 is 1. The highest BCUT2D eigenvalue weighted by molar-refractivity contribution is 9.09. The van der Waals surface area contributed by atoms with Crippen LogP contribution in [0.3, 0.4) is 0 Å². The van der Waals surface area contributed by atoms with Crippen molar-refractivity contribution in [3.63, 3.8) is 0 Å². The summed E-state index contributed by atoms with van der Waals surface area (Å²) >= 11 is 3.50. The molecule has 0 amide bonds. The molecule has 0 aliphatic carbocycles. The van der Waals surface area contributed by atoms with Gasteiger partial charge < -0.3 is 4.74 Å². The molecule has 2 aromatic rings. The zero-order valence-electron chi connectivity index (χ0n) is 10.4. The Labute approximate surface area is 119 Å². The van der Waals surface area contributed by atoms with Gasteiger partial charge in [0.2, 0.25) is 0 Å². The number of hydrogen-bond donors (Lipinski definition) is 0. The first kappa shape index (κ1) is 14.0. The van der Waals surface area contributed by atoms with E-state index in [9.17, 15) is 8.78 Å². The molecule has 2 rings (SSSR count). The third-order valence-corrected chi connectivity index (χ3v) is 3.75. The maximum Gasteiger partial charge on any atom is 0.159 e. The second-order valence-electron chi connectivity index (χ2n) is 4.16. The van der Waals surface area contributed by atoms with Crippen LogP contribution in [0.4, 0.5) is 8.78 Å². The van der Waals surface area contributed by atoms with Gasteiger partial charge in [0.15, 0.2) is 11.6 Å². The molecule has 0 N–H and O–H groups in total. The molecule has 19 heavy (non-hydrogen) atoms. The van der Waals surface area contributed by atoms with E-state index in [0.29, 0.717) is 12.0 Å². The van der Waals surface area contributed by atoms with E-state index in [1.807, 2.05) is 24.3 Å². The highest BCUT2D eigenvalue weighted by atomic mass is 79.9. The van der Waals surface area contributed by atoms with Crippen LogP contribution in [0, 0.1) is 11.6 Å². The van der Waals surface area contributed by atoms with Gasteiger partial charge in [0, 0.05) is 4.83 Å². The lowest BCUT2D eigenvalue weighted by molar-refractivity contribution is 0.409. The van der Waals surface area contributed by atoms with Crippen molar-refractivity contribution in [1.82, 2.24) is 0 Å². The topological polar surface area (TPSA) is 9.23 Å². The van der Waals surface area contributed by atoms with Gasteiger partial charge in [0.05, 0.1) is 7.11 Å². The molecular weight excluding hydrogens is 314 g/mol. The van der Waals surface area contributed by atoms with Crippen molar-refractivity contribution in [1.29, 1.82) is 0 Å². The van der Waals surface area contributed by atoms with E-state index in [1.165, 1.54) is 6.07 Å². The lowest BCUT2D eigenvalue weighted by Crippen LogP contribution is -1.99. The molecule has 0 aliphatic rings. The van der Waals surface area contributed by atoms with E-state index >= 15 is 0 Å². The summed E-state index contributed by atoms with van der Waals surface area (Å²) < 4.78 is 31.4. The average molecular weight is 327 g/mol. The number of benzene rings is 2. The number of alkyl halides is 1. The maximum atomic E-state index is 13.2. The number of rotatable bonds is 4. The third kappa shape index (κ3) is 3.32. The Morgan fingerprint density at radius 3 is 2.53 bits per heavy atom. The maximum absolute atomic E-state index is 13.2. The molecule has 0 spiro atoms. The molecule has 0 aromatic heterocycles. The second kappa shape index (κ2) is 6.15. The summed E-state index contributed by atoms with van der Waals surface area (Å²) in [5.74, 6) is -0.878. The zero-order valence-corrected chi connectivity index (χ0v) is 12.0. The van der Waals surface area contributed by atoms with Crippen molar-refractivity contribution in [3.05, 3.63) is 65.2 Å². The van der Waals surface area contributed by atoms with Gasteiger partial charge in [-0.1, -0.05) is 40.2 Å². The minimum atomic E-state index is -0.833. The summed E-state index contributed by atoms with van der Waals surface area (Å²) in [5.41, 5.74) is 1.71.